The van der Waals surface area contributed by atoms with Gasteiger partial charge in [-0.1, -0.05) is 0 Å². The van der Waals surface area contributed by atoms with E-state index in [0.29, 0.717) is 4.77 Å². The highest BCUT2D eigenvalue weighted by atomic mass is 32.1. The molecule has 1 aromatic rings. The molecule has 0 aliphatic rings. The lowest BCUT2D eigenvalue weighted by Crippen LogP contribution is -2.23. The lowest BCUT2D eigenvalue weighted by Gasteiger charge is -2.02. The van der Waals surface area contributed by atoms with E-state index in [0.717, 1.165) is 5.69 Å². The largest absolute Gasteiger partial charge is 0.358 e. The number of aromatic nitrogens is 2. The second kappa shape index (κ2) is 3.53. The molecule has 1 amide bonds. The van der Waals surface area contributed by atoms with Crippen LogP contribution in [0.2, 0.25) is 0 Å². The van der Waals surface area contributed by atoms with Gasteiger partial charge in [0.05, 0.1) is 0 Å². The first-order valence-electron chi connectivity index (χ1n) is 3.60. The summed E-state index contributed by atoms with van der Waals surface area (Å²) in [6.07, 6.45) is 1.78. The predicted molar refractivity (Wildman–Crippen MR) is 48.4 cm³/mol. The van der Waals surface area contributed by atoms with Crippen molar-refractivity contribution in [1.82, 2.24) is 14.9 Å². The number of carbonyl (C=O) groups excluding carboxylic acids is 1. The van der Waals surface area contributed by atoms with Gasteiger partial charge in [-0.2, -0.15) is 0 Å². The molecule has 12 heavy (non-hydrogen) atoms. The monoisotopic (exact) mass is 185 g/mol. The van der Waals surface area contributed by atoms with Crippen LogP contribution in [0.5, 0.6) is 0 Å². The summed E-state index contributed by atoms with van der Waals surface area (Å²) >= 11 is 4.97. The summed E-state index contributed by atoms with van der Waals surface area (Å²) in [5.41, 5.74) is 0.962. The van der Waals surface area contributed by atoms with E-state index in [1.165, 1.54) is 0 Å². The highest BCUT2D eigenvalue weighted by Gasteiger charge is 2.03. The third kappa shape index (κ3) is 1.73. The minimum absolute atomic E-state index is 0.0474. The van der Waals surface area contributed by atoms with Crippen LogP contribution in [0.1, 0.15) is 5.69 Å². The molecule has 0 aliphatic carbocycles. The fraction of sp³-hybridized carbons (Fsp3) is 0.429. The van der Waals surface area contributed by atoms with Crippen LogP contribution >= 0.6 is 12.2 Å². The molecule has 1 heterocycles. The molecule has 0 atom stereocenters. The molecule has 0 unspecified atom stereocenters. The topological polar surface area (TPSA) is 49.8 Å². The first-order chi connectivity index (χ1) is 5.65. The zero-order valence-electron chi connectivity index (χ0n) is 7.05. The minimum Gasteiger partial charge on any atom is -0.358 e. The van der Waals surface area contributed by atoms with Crippen molar-refractivity contribution in [3.63, 3.8) is 0 Å². The summed E-state index contributed by atoms with van der Waals surface area (Å²) < 4.78 is 2.32. The maximum Gasteiger partial charge on any atom is 0.239 e. The van der Waals surface area contributed by atoms with E-state index in [2.05, 4.69) is 10.3 Å². The van der Waals surface area contributed by atoms with Crippen molar-refractivity contribution in [2.75, 3.05) is 7.05 Å². The summed E-state index contributed by atoms with van der Waals surface area (Å²) in [6, 6.07) is 0. The molecule has 5 heteroatoms. The second-order valence-electron chi connectivity index (χ2n) is 2.49. The zero-order valence-corrected chi connectivity index (χ0v) is 7.86. The van der Waals surface area contributed by atoms with E-state index in [1.54, 1.807) is 17.8 Å². The van der Waals surface area contributed by atoms with Crippen molar-refractivity contribution in [1.29, 1.82) is 0 Å². The molecular formula is C7H11N3OS. The molecule has 0 saturated heterocycles. The minimum atomic E-state index is -0.0474. The predicted octanol–water partition coefficient (Wildman–Crippen LogP) is 0.600. The van der Waals surface area contributed by atoms with Gasteiger partial charge in [0.2, 0.25) is 5.91 Å². The molecule has 4 nitrogen and oxygen atoms in total. The van der Waals surface area contributed by atoms with Crippen molar-refractivity contribution in [3.05, 3.63) is 16.7 Å². The van der Waals surface area contributed by atoms with Crippen LogP contribution in [0.15, 0.2) is 6.20 Å². The lowest BCUT2D eigenvalue weighted by molar-refractivity contribution is -0.121. The number of aryl methyl sites for hydroxylation is 1. The number of likely N-dealkylation sites (N-methyl/N-ethyl adjacent to an activating group) is 1. The van der Waals surface area contributed by atoms with Crippen LogP contribution in [0.4, 0.5) is 0 Å². The molecule has 0 saturated carbocycles. The van der Waals surface area contributed by atoms with Crippen LogP contribution in [0.3, 0.4) is 0 Å². The average molecular weight is 185 g/mol. The lowest BCUT2D eigenvalue weighted by atomic mass is 10.5. The van der Waals surface area contributed by atoms with E-state index >= 15 is 0 Å². The number of amides is 1. The van der Waals surface area contributed by atoms with Crippen LogP contribution in [-0.4, -0.2) is 22.5 Å². The van der Waals surface area contributed by atoms with Crippen LogP contribution < -0.4 is 5.32 Å². The maximum absolute atomic E-state index is 11.0. The number of carbonyl (C=O) groups is 1. The van der Waals surface area contributed by atoms with Crippen molar-refractivity contribution >= 4 is 18.1 Å². The van der Waals surface area contributed by atoms with Gasteiger partial charge in [0.15, 0.2) is 4.77 Å². The molecule has 66 valence electrons. The zero-order chi connectivity index (χ0) is 9.14. The molecule has 1 aromatic heterocycles. The Kier molecular flexibility index (Phi) is 2.65. The Labute approximate surface area is 75.6 Å². The molecular weight excluding hydrogens is 174 g/mol. The summed E-state index contributed by atoms with van der Waals surface area (Å²) in [7, 11) is 1.61. The number of hydrogen-bond acceptors (Lipinski definition) is 2. The number of imidazole rings is 1. The van der Waals surface area contributed by atoms with Gasteiger partial charge in [0.25, 0.3) is 0 Å². The summed E-state index contributed by atoms with van der Waals surface area (Å²) in [6.45, 7) is 2.18. The maximum atomic E-state index is 11.0. The fourth-order valence-electron chi connectivity index (χ4n) is 0.901. The molecule has 0 radical (unpaired) electrons. The van der Waals surface area contributed by atoms with Gasteiger partial charge < -0.3 is 14.9 Å². The number of nitrogens with zero attached hydrogens (tertiary/aromatic N) is 1. The Balaban J connectivity index is 2.88. The Morgan fingerprint density at radius 1 is 1.83 bits per heavy atom. The van der Waals surface area contributed by atoms with Crippen molar-refractivity contribution in [2.24, 2.45) is 0 Å². The average Bonchev–Trinajstić information content (AvgIpc) is 2.35. The highest BCUT2D eigenvalue weighted by Crippen LogP contribution is 1.98. The SMILES string of the molecule is CNC(=O)Cn1c(C)c[nH]c1=S. The van der Waals surface area contributed by atoms with Crippen molar-refractivity contribution in [2.45, 2.75) is 13.5 Å². The molecule has 2 N–H and O–H groups in total. The molecule has 0 aromatic carbocycles. The molecule has 1 rings (SSSR count). The van der Waals surface area contributed by atoms with Crippen LogP contribution in [0.25, 0.3) is 0 Å². The smallest absolute Gasteiger partial charge is 0.239 e. The third-order valence-corrected chi connectivity index (χ3v) is 1.99. The Hall–Kier alpha value is -1.10. The standard InChI is InChI=1S/C7H11N3OS/c1-5-3-9-7(12)10(5)4-6(11)8-2/h3H,4H2,1-2H3,(H,8,11)(H,9,12). The van der Waals surface area contributed by atoms with Gasteiger partial charge in [-0.3, -0.25) is 4.79 Å². The van der Waals surface area contributed by atoms with Gasteiger partial charge in [0, 0.05) is 18.9 Å². The van der Waals surface area contributed by atoms with Gasteiger partial charge in [-0.05, 0) is 19.1 Å². The van der Waals surface area contributed by atoms with Crippen LogP contribution in [-0.2, 0) is 11.3 Å². The Morgan fingerprint density at radius 3 is 2.92 bits per heavy atom. The number of aromatic amines is 1. The Morgan fingerprint density at radius 2 is 2.50 bits per heavy atom. The molecule has 0 bridgehead atoms. The van der Waals surface area contributed by atoms with Crippen LogP contribution in [0, 0.1) is 11.7 Å². The number of H-pyrrole nitrogens is 1. The third-order valence-electron chi connectivity index (χ3n) is 1.66. The van der Waals surface area contributed by atoms with Gasteiger partial charge >= 0.3 is 0 Å². The van der Waals surface area contributed by atoms with E-state index in [-0.39, 0.29) is 12.5 Å². The summed E-state index contributed by atoms with van der Waals surface area (Å²) in [4.78, 5) is 13.9. The number of hydrogen-bond donors (Lipinski definition) is 2. The van der Waals surface area contributed by atoms with Crippen molar-refractivity contribution in [3.8, 4) is 0 Å². The van der Waals surface area contributed by atoms with E-state index in [4.69, 9.17) is 12.2 Å². The normalized spacial score (nSPS) is 9.83. The van der Waals surface area contributed by atoms with E-state index < -0.39 is 0 Å². The second-order valence-corrected chi connectivity index (χ2v) is 2.88. The first kappa shape index (κ1) is 8.99. The van der Waals surface area contributed by atoms with Gasteiger partial charge in [0.1, 0.15) is 6.54 Å². The summed E-state index contributed by atoms with van der Waals surface area (Å²) in [5, 5.41) is 2.54. The van der Waals surface area contributed by atoms with E-state index in [1.807, 2.05) is 6.92 Å². The van der Waals surface area contributed by atoms with Gasteiger partial charge in [-0.15, -0.1) is 0 Å². The molecule has 0 aliphatic heterocycles. The van der Waals surface area contributed by atoms with Crippen molar-refractivity contribution < 1.29 is 4.79 Å². The fourth-order valence-corrected chi connectivity index (χ4v) is 1.17. The molecule has 0 spiro atoms. The van der Waals surface area contributed by atoms with Gasteiger partial charge in [-0.25, -0.2) is 0 Å². The highest BCUT2D eigenvalue weighted by molar-refractivity contribution is 7.71. The number of nitrogens with one attached hydrogen (secondary N) is 2. The quantitative estimate of drug-likeness (QED) is 0.663. The first-order valence-corrected chi connectivity index (χ1v) is 4.01. The Bertz CT molecular complexity index is 339. The number of rotatable bonds is 2. The van der Waals surface area contributed by atoms with E-state index in [9.17, 15) is 4.79 Å². The molecule has 0 fully saturated rings. The summed E-state index contributed by atoms with van der Waals surface area (Å²) in [5.74, 6) is -0.0474.